The number of hydrogen-bond donors (Lipinski definition) is 0. The zero-order chi connectivity index (χ0) is 16.4. The van der Waals surface area contributed by atoms with E-state index < -0.39 is 0 Å². The standard InChI is InChI=1S/C15H10ClN5O2S/c16-10-3-1-4-12(7-10)21-15(17-19-20-21)24-9-11-8-14(23-18-11)13-5-2-6-22-13/h1-8H,9H2. The third kappa shape index (κ3) is 3.06. The van der Waals surface area contributed by atoms with E-state index in [1.165, 1.54) is 11.8 Å². The molecule has 9 heteroatoms. The molecule has 1 aromatic carbocycles. The van der Waals surface area contributed by atoms with E-state index in [1.54, 1.807) is 29.1 Å². The van der Waals surface area contributed by atoms with Crippen molar-refractivity contribution < 1.29 is 8.94 Å². The van der Waals surface area contributed by atoms with Gasteiger partial charge in [-0.25, -0.2) is 0 Å². The van der Waals surface area contributed by atoms with Crippen LogP contribution < -0.4 is 0 Å². The minimum atomic E-state index is 0.561. The Morgan fingerprint density at radius 3 is 2.92 bits per heavy atom. The minimum absolute atomic E-state index is 0.561. The first-order valence-corrected chi connectivity index (χ1v) is 8.32. The van der Waals surface area contributed by atoms with Crippen LogP contribution in [0.1, 0.15) is 5.69 Å². The molecule has 0 aliphatic rings. The van der Waals surface area contributed by atoms with Gasteiger partial charge in [-0.05, 0) is 40.8 Å². The summed E-state index contributed by atoms with van der Waals surface area (Å²) in [6.07, 6.45) is 1.59. The molecule has 0 amide bonds. The lowest BCUT2D eigenvalue weighted by atomic mass is 10.3. The quantitative estimate of drug-likeness (QED) is 0.500. The van der Waals surface area contributed by atoms with Crippen molar-refractivity contribution >= 4 is 23.4 Å². The lowest BCUT2D eigenvalue weighted by Crippen LogP contribution is -1.99. The molecule has 4 rings (SSSR count). The molecular formula is C15H10ClN5O2S. The topological polar surface area (TPSA) is 82.8 Å². The van der Waals surface area contributed by atoms with Gasteiger partial charge in [0.1, 0.15) is 0 Å². The average Bonchev–Trinajstić information content (AvgIpc) is 3.33. The van der Waals surface area contributed by atoms with Gasteiger partial charge in [-0.1, -0.05) is 34.6 Å². The molecule has 3 heterocycles. The molecule has 0 aliphatic heterocycles. The number of furan rings is 1. The summed E-state index contributed by atoms with van der Waals surface area (Å²) in [7, 11) is 0. The van der Waals surface area contributed by atoms with Crippen LogP contribution in [0.3, 0.4) is 0 Å². The van der Waals surface area contributed by atoms with Gasteiger partial charge in [-0.2, -0.15) is 4.68 Å². The lowest BCUT2D eigenvalue weighted by molar-refractivity contribution is 0.413. The molecule has 120 valence electrons. The van der Waals surface area contributed by atoms with Gasteiger partial charge in [-0.3, -0.25) is 0 Å². The van der Waals surface area contributed by atoms with E-state index in [0.29, 0.717) is 27.5 Å². The van der Waals surface area contributed by atoms with Crippen LogP contribution in [0, 0.1) is 0 Å². The number of rotatable bonds is 5. The summed E-state index contributed by atoms with van der Waals surface area (Å²) in [5.41, 5.74) is 1.57. The van der Waals surface area contributed by atoms with Crippen LogP contribution in [0.15, 0.2) is 62.8 Å². The van der Waals surface area contributed by atoms with E-state index in [0.717, 1.165) is 11.4 Å². The third-order valence-electron chi connectivity index (χ3n) is 3.17. The van der Waals surface area contributed by atoms with Gasteiger partial charge in [0.05, 0.1) is 17.6 Å². The Kier molecular flexibility index (Phi) is 4.06. The second-order valence-corrected chi connectivity index (χ2v) is 6.18. The van der Waals surface area contributed by atoms with Crippen LogP contribution in [0.25, 0.3) is 17.2 Å². The Bertz CT molecular complexity index is 950. The van der Waals surface area contributed by atoms with Crippen LogP contribution in [0.5, 0.6) is 0 Å². The molecule has 0 saturated carbocycles. The highest BCUT2D eigenvalue weighted by molar-refractivity contribution is 7.98. The largest absolute Gasteiger partial charge is 0.461 e. The van der Waals surface area contributed by atoms with Crippen LogP contribution in [0.2, 0.25) is 5.02 Å². The highest BCUT2D eigenvalue weighted by atomic mass is 35.5. The number of thioether (sulfide) groups is 1. The number of benzene rings is 1. The molecule has 0 fully saturated rings. The zero-order valence-corrected chi connectivity index (χ0v) is 13.7. The highest BCUT2D eigenvalue weighted by Gasteiger charge is 2.13. The molecule has 7 nitrogen and oxygen atoms in total. The van der Waals surface area contributed by atoms with Gasteiger partial charge < -0.3 is 8.94 Å². The van der Waals surface area contributed by atoms with E-state index in [2.05, 4.69) is 20.7 Å². The van der Waals surface area contributed by atoms with E-state index in [-0.39, 0.29) is 0 Å². The number of aromatic nitrogens is 5. The Morgan fingerprint density at radius 1 is 1.12 bits per heavy atom. The van der Waals surface area contributed by atoms with Crippen molar-refractivity contribution in [3.63, 3.8) is 0 Å². The maximum atomic E-state index is 6.02. The van der Waals surface area contributed by atoms with E-state index in [9.17, 15) is 0 Å². The summed E-state index contributed by atoms with van der Waals surface area (Å²) in [5, 5.41) is 17.1. The molecule has 0 saturated heterocycles. The first-order chi connectivity index (χ1) is 11.8. The van der Waals surface area contributed by atoms with Gasteiger partial charge in [0.2, 0.25) is 10.9 Å². The number of tetrazole rings is 1. The summed E-state index contributed by atoms with van der Waals surface area (Å²) in [6.45, 7) is 0. The molecule has 4 aromatic rings. The number of halogens is 1. The number of hydrogen-bond acceptors (Lipinski definition) is 7. The molecule has 3 aromatic heterocycles. The van der Waals surface area contributed by atoms with Crippen molar-refractivity contribution in [2.75, 3.05) is 0 Å². The summed E-state index contributed by atoms with van der Waals surface area (Å²) in [6, 6.07) is 12.8. The highest BCUT2D eigenvalue weighted by Crippen LogP contribution is 2.26. The molecular weight excluding hydrogens is 350 g/mol. The second-order valence-electron chi connectivity index (χ2n) is 4.80. The number of nitrogens with zero attached hydrogens (tertiary/aromatic N) is 5. The maximum absolute atomic E-state index is 6.02. The van der Waals surface area contributed by atoms with Crippen molar-refractivity contribution in [3.05, 3.63) is 59.4 Å². The summed E-state index contributed by atoms with van der Waals surface area (Å²) in [4.78, 5) is 0. The SMILES string of the molecule is Clc1cccc(-n2nnnc2SCc2cc(-c3ccco3)on2)c1. The second kappa shape index (κ2) is 6.50. The Labute approximate surface area is 145 Å². The summed E-state index contributed by atoms with van der Waals surface area (Å²) >= 11 is 7.47. The molecule has 0 spiro atoms. The van der Waals surface area contributed by atoms with Crippen LogP contribution in [-0.4, -0.2) is 25.4 Å². The summed E-state index contributed by atoms with van der Waals surface area (Å²) in [5.74, 6) is 1.79. The molecule has 0 N–H and O–H groups in total. The molecule has 0 unspecified atom stereocenters. The average molecular weight is 360 g/mol. The van der Waals surface area contributed by atoms with Gasteiger partial charge in [0.25, 0.3) is 0 Å². The van der Waals surface area contributed by atoms with Crippen molar-refractivity contribution in [2.45, 2.75) is 10.9 Å². The minimum Gasteiger partial charge on any atom is -0.461 e. The fraction of sp³-hybridized carbons (Fsp3) is 0.0667. The monoisotopic (exact) mass is 359 g/mol. The first-order valence-electron chi connectivity index (χ1n) is 6.96. The van der Waals surface area contributed by atoms with Crippen LogP contribution >= 0.6 is 23.4 Å². The first kappa shape index (κ1) is 15.0. The van der Waals surface area contributed by atoms with Gasteiger partial charge >= 0.3 is 0 Å². The molecule has 0 bridgehead atoms. The van der Waals surface area contributed by atoms with Gasteiger partial charge in [0, 0.05) is 16.8 Å². The smallest absolute Gasteiger partial charge is 0.214 e. The van der Waals surface area contributed by atoms with Crippen LogP contribution in [-0.2, 0) is 5.75 Å². The van der Waals surface area contributed by atoms with Crippen molar-refractivity contribution in [2.24, 2.45) is 0 Å². The molecule has 0 atom stereocenters. The van der Waals surface area contributed by atoms with E-state index >= 15 is 0 Å². The van der Waals surface area contributed by atoms with Crippen LogP contribution in [0.4, 0.5) is 0 Å². The summed E-state index contributed by atoms with van der Waals surface area (Å²) < 4.78 is 12.2. The maximum Gasteiger partial charge on any atom is 0.214 e. The fourth-order valence-corrected chi connectivity index (χ4v) is 3.05. The van der Waals surface area contributed by atoms with Crippen molar-refractivity contribution in [1.82, 2.24) is 25.4 Å². The van der Waals surface area contributed by atoms with Gasteiger partial charge in [-0.15, -0.1) is 5.10 Å². The fourth-order valence-electron chi connectivity index (χ4n) is 2.09. The third-order valence-corrected chi connectivity index (χ3v) is 4.35. The zero-order valence-electron chi connectivity index (χ0n) is 12.2. The Morgan fingerprint density at radius 2 is 2.08 bits per heavy atom. The van der Waals surface area contributed by atoms with E-state index in [1.807, 2.05) is 24.3 Å². The molecule has 24 heavy (non-hydrogen) atoms. The lowest BCUT2D eigenvalue weighted by Gasteiger charge is -2.03. The van der Waals surface area contributed by atoms with E-state index in [4.69, 9.17) is 20.5 Å². The predicted molar refractivity (Wildman–Crippen MR) is 87.9 cm³/mol. The van der Waals surface area contributed by atoms with Crippen molar-refractivity contribution in [3.8, 4) is 17.2 Å². The van der Waals surface area contributed by atoms with Gasteiger partial charge in [0.15, 0.2) is 5.76 Å². The normalized spacial score (nSPS) is 11.0. The Hall–Kier alpha value is -2.58. The predicted octanol–water partition coefficient (Wildman–Crippen LogP) is 3.86. The van der Waals surface area contributed by atoms with Crippen molar-refractivity contribution in [1.29, 1.82) is 0 Å². The Balaban J connectivity index is 1.50. The molecule has 0 aliphatic carbocycles. The molecule has 0 radical (unpaired) electrons.